The lowest BCUT2D eigenvalue weighted by molar-refractivity contribution is -0.386. The average molecular weight is 789 g/mol. The Kier molecular flexibility index (Phi) is 14.3. The number of anilines is 2. The van der Waals surface area contributed by atoms with Crippen molar-refractivity contribution in [3.05, 3.63) is 165 Å². The van der Waals surface area contributed by atoms with Gasteiger partial charge in [-0.3, -0.25) is 25.6 Å². The molecule has 5 rings (SSSR count). The molecule has 0 radical (unpaired) electrons. The second kappa shape index (κ2) is 19.3. The lowest BCUT2D eigenvalue weighted by atomic mass is 9.89. The molecule has 0 saturated carbocycles. The molecule has 58 heavy (non-hydrogen) atoms. The van der Waals surface area contributed by atoms with Crippen LogP contribution in [0.1, 0.15) is 81.3 Å². The number of nitrogens with one attached hydrogen (secondary N) is 2. The zero-order valence-electron chi connectivity index (χ0n) is 33.8. The van der Waals surface area contributed by atoms with E-state index in [4.69, 9.17) is 14.2 Å². The van der Waals surface area contributed by atoms with Crippen molar-refractivity contribution in [2.45, 2.75) is 77.9 Å². The third kappa shape index (κ3) is 12.9. The van der Waals surface area contributed by atoms with Gasteiger partial charge in [0.05, 0.1) is 17.6 Å². The fourth-order valence-electron chi connectivity index (χ4n) is 6.37. The number of ether oxygens (including phenoxy) is 3. The van der Waals surface area contributed by atoms with Crippen LogP contribution in [0.3, 0.4) is 0 Å². The number of hydrogen-bond donors (Lipinski definition) is 3. The summed E-state index contributed by atoms with van der Waals surface area (Å²) in [6, 6.07) is 38.2. The Labute approximate surface area is 339 Å². The Morgan fingerprint density at radius 3 is 1.60 bits per heavy atom. The van der Waals surface area contributed by atoms with Crippen molar-refractivity contribution >= 4 is 29.2 Å². The van der Waals surface area contributed by atoms with Gasteiger partial charge in [-0.25, -0.2) is 9.59 Å². The van der Waals surface area contributed by atoms with Crippen LogP contribution in [0.4, 0.5) is 26.7 Å². The molecule has 3 N–H and O–H groups in total. The van der Waals surface area contributed by atoms with E-state index < -0.39 is 34.4 Å². The molecule has 0 heterocycles. The highest BCUT2D eigenvalue weighted by Crippen LogP contribution is 2.36. The largest absolute Gasteiger partial charge is 0.482 e. The van der Waals surface area contributed by atoms with Crippen LogP contribution in [-0.4, -0.2) is 51.5 Å². The van der Waals surface area contributed by atoms with E-state index in [1.807, 2.05) is 84.9 Å². The van der Waals surface area contributed by atoms with Crippen LogP contribution in [0.2, 0.25) is 0 Å². The summed E-state index contributed by atoms with van der Waals surface area (Å²) in [6.45, 7) is 11.3. The minimum atomic E-state index is -0.666. The summed E-state index contributed by atoms with van der Waals surface area (Å²) in [5, 5.41) is 29.1. The number of aliphatic hydroxyl groups excluding tert-OH is 1. The minimum absolute atomic E-state index is 0.127. The van der Waals surface area contributed by atoms with Crippen molar-refractivity contribution in [3.8, 4) is 5.75 Å². The van der Waals surface area contributed by atoms with Crippen LogP contribution in [0.25, 0.3) is 0 Å². The second-order valence-electron chi connectivity index (χ2n) is 15.9. The summed E-state index contributed by atoms with van der Waals surface area (Å²) >= 11 is 0. The smallest absolute Gasteiger partial charge is 0.412 e. The molecule has 2 amide bonds. The highest BCUT2D eigenvalue weighted by molar-refractivity contribution is 5.85. The molecule has 0 bridgehead atoms. The first-order chi connectivity index (χ1) is 27.6. The molecule has 0 aliphatic heterocycles. The number of benzene rings is 5. The molecule has 12 nitrogen and oxygen atoms in total. The number of carbonyl (C=O) groups excluding carboxylic acids is 2. The van der Waals surface area contributed by atoms with E-state index >= 15 is 0 Å². The first-order valence-electron chi connectivity index (χ1n) is 19.1. The summed E-state index contributed by atoms with van der Waals surface area (Å²) in [7, 11) is 0. The molecule has 0 spiro atoms. The summed E-state index contributed by atoms with van der Waals surface area (Å²) in [5.41, 5.74) is 3.74. The lowest BCUT2D eigenvalue weighted by Gasteiger charge is -2.34. The molecule has 12 heteroatoms. The van der Waals surface area contributed by atoms with E-state index in [1.165, 1.54) is 6.07 Å². The number of rotatable bonds is 15. The fraction of sp³-hybridized carbons (Fsp3) is 0.304. The Morgan fingerprint density at radius 2 is 1.16 bits per heavy atom. The van der Waals surface area contributed by atoms with Gasteiger partial charge in [-0.1, -0.05) is 91.0 Å². The zero-order valence-corrected chi connectivity index (χ0v) is 33.8. The molecular weight excluding hydrogens is 737 g/mol. The molecular formula is C46H52N4O8. The standard InChI is InChI=1S/C46H52N4O8/c1-45(2,3)57-43(52)47-37-22-17-34(18-23-37)39(35-19-24-38(25-20-35)48-44(53)58-46(4,5)6)29-49(28-32-13-9-7-10-14-32)41(30-51)36-21-26-42(40(27-36)50(54)55)56-31-33-15-11-8-12-16-33/h7-27,39,41,51H,28-31H2,1-6H3,(H,47,52)(H,48,53)/t41-/m0/s1. The zero-order chi connectivity index (χ0) is 41.9. The monoisotopic (exact) mass is 788 g/mol. The first kappa shape index (κ1) is 42.9. The number of aliphatic hydroxyl groups is 1. The lowest BCUT2D eigenvalue weighted by Crippen LogP contribution is -2.35. The predicted octanol–water partition coefficient (Wildman–Crippen LogP) is 10.2. The molecule has 0 unspecified atom stereocenters. The SMILES string of the molecule is CC(C)(C)OC(=O)Nc1ccc(C(CN(Cc2ccccc2)[C@@H](CO)c2ccc(OCc3ccccc3)c([N+](=O)[O-])c2)c2ccc(NC(=O)OC(C)(C)C)cc2)cc1. The van der Waals surface area contributed by atoms with Crippen LogP contribution >= 0.6 is 0 Å². The molecule has 304 valence electrons. The first-order valence-corrected chi connectivity index (χ1v) is 19.1. The summed E-state index contributed by atoms with van der Waals surface area (Å²) < 4.78 is 16.8. The van der Waals surface area contributed by atoms with Crippen molar-refractivity contribution in [3.63, 3.8) is 0 Å². The van der Waals surface area contributed by atoms with Gasteiger partial charge in [0.25, 0.3) is 0 Å². The quantitative estimate of drug-likeness (QED) is 0.0695. The molecule has 0 fully saturated rings. The fourth-order valence-corrected chi connectivity index (χ4v) is 6.37. The van der Waals surface area contributed by atoms with Gasteiger partial charge in [-0.2, -0.15) is 0 Å². The predicted molar refractivity (Wildman–Crippen MR) is 225 cm³/mol. The van der Waals surface area contributed by atoms with Crippen LogP contribution < -0.4 is 15.4 Å². The van der Waals surface area contributed by atoms with Crippen molar-refractivity contribution in [2.75, 3.05) is 23.8 Å². The van der Waals surface area contributed by atoms with Crippen molar-refractivity contribution < 1.29 is 33.8 Å². The Balaban J connectivity index is 1.51. The Bertz CT molecular complexity index is 2040. The van der Waals surface area contributed by atoms with Crippen molar-refractivity contribution in [1.82, 2.24) is 4.90 Å². The third-order valence-corrected chi connectivity index (χ3v) is 8.98. The number of carbonyl (C=O) groups is 2. The van der Waals surface area contributed by atoms with E-state index in [9.17, 15) is 24.8 Å². The van der Waals surface area contributed by atoms with Gasteiger partial charge in [0.1, 0.15) is 17.8 Å². The average Bonchev–Trinajstić information content (AvgIpc) is 3.16. The number of hydrogen-bond acceptors (Lipinski definition) is 9. The summed E-state index contributed by atoms with van der Waals surface area (Å²) in [4.78, 5) is 39.1. The van der Waals surface area contributed by atoms with Crippen LogP contribution in [0.5, 0.6) is 5.75 Å². The van der Waals surface area contributed by atoms with E-state index in [1.54, 1.807) is 77.9 Å². The van der Waals surface area contributed by atoms with Crippen LogP contribution in [-0.2, 0) is 22.6 Å². The van der Waals surface area contributed by atoms with Crippen LogP contribution in [0.15, 0.2) is 127 Å². The molecule has 0 saturated heterocycles. The van der Waals surface area contributed by atoms with E-state index in [0.29, 0.717) is 30.0 Å². The van der Waals surface area contributed by atoms with Crippen molar-refractivity contribution in [1.29, 1.82) is 0 Å². The number of nitro benzene ring substituents is 1. The second-order valence-corrected chi connectivity index (χ2v) is 15.9. The maximum absolute atomic E-state index is 12.6. The highest BCUT2D eigenvalue weighted by atomic mass is 16.6. The third-order valence-electron chi connectivity index (χ3n) is 8.98. The van der Waals surface area contributed by atoms with Gasteiger partial charge >= 0.3 is 17.9 Å². The van der Waals surface area contributed by atoms with Gasteiger partial charge in [0.15, 0.2) is 5.75 Å². The highest BCUT2D eigenvalue weighted by Gasteiger charge is 2.28. The van der Waals surface area contributed by atoms with E-state index in [-0.39, 0.29) is 30.6 Å². The molecule has 0 aliphatic carbocycles. The number of nitrogens with zero attached hydrogens (tertiary/aromatic N) is 2. The molecule has 0 aliphatic rings. The van der Waals surface area contributed by atoms with Gasteiger partial charge in [-0.15, -0.1) is 0 Å². The number of amides is 2. The minimum Gasteiger partial charge on any atom is -0.482 e. The number of nitro groups is 1. The maximum Gasteiger partial charge on any atom is 0.412 e. The molecule has 0 aromatic heterocycles. The van der Waals surface area contributed by atoms with E-state index in [2.05, 4.69) is 15.5 Å². The van der Waals surface area contributed by atoms with Gasteiger partial charge in [0.2, 0.25) is 0 Å². The Morgan fingerprint density at radius 1 is 0.690 bits per heavy atom. The van der Waals surface area contributed by atoms with Gasteiger partial charge in [0, 0.05) is 36.4 Å². The molecule has 5 aromatic rings. The van der Waals surface area contributed by atoms with Crippen molar-refractivity contribution in [2.24, 2.45) is 0 Å². The van der Waals surface area contributed by atoms with Gasteiger partial charge in [-0.05, 0) is 99.7 Å². The summed E-state index contributed by atoms with van der Waals surface area (Å²) in [6.07, 6.45) is -1.15. The normalized spacial score (nSPS) is 12.2. The van der Waals surface area contributed by atoms with E-state index in [0.717, 1.165) is 22.3 Å². The molecule has 5 aromatic carbocycles. The van der Waals surface area contributed by atoms with Crippen LogP contribution in [0, 0.1) is 10.1 Å². The van der Waals surface area contributed by atoms with Gasteiger partial charge < -0.3 is 19.3 Å². The summed E-state index contributed by atoms with van der Waals surface area (Å²) in [5.74, 6) is -0.186. The molecule has 1 atom stereocenters. The Hall–Kier alpha value is -6.24. The maximum atomic E-state index is 12.6. The topological polar surface area (TPSA) is 152 Å².